The van der Waals surface area contributed by atoms with Crippen molar-refractivity contribution >= 4 is 23.4 Å². The van der Waals surface area contributed by atoms with Crippen molar-refractivity contribution in [1.82, 2.24) is 15.5 Å². The topological polar surface area (TPSA) is 61.4 Å². The summed E-state index contributed by atoms with van der Waals surface area (Å²) in [4.78, 5) is 28.0. The molecule has 0 radical (unpaired) electrons. The van der Waals surface area contributed by atoms with Gasteiger partial charge in [0.2, 0.25) is 11.8 Å². The van der Waals surface area contributed by atoms with Gasteiger partial charge in [-0.05, 0) is 62.7 Å². The largest absolute Gasteiger partial charge is 0.353 e. The number of alkyl halides is 1. The first-order valence-corrected chi connectivity index (χ1v) is 12.3. The Morgan fingerprint density at radius 1 is 1.10 bits per heavy atom. The van der Waals surface area contributed by atoms with Crippen molar-refractivity contribution in [2.75, 3.05) is 13.6 Å². The zero-order chi connectivity index (χ0) is 20.5. The fraction of sp³-hybridized carbons (Fsp3) is 0.913. The maximum absolute atomic E-state index is 13.3. The lowest BCUT2D eigenvalue weighted by atomic mass is 9.66. The Morgan fingerprint density at radius 2 is 1.86 bits per heavy atom. The first-order chi connectivity index (χ1) is 13.9. The third-order valence-corrected chi connectivity index (χ3v) is 8.74. The van der Waals surface area contributed by atoms with E-state index in [1.807, 2.05) is 11.9 Å². The van der Waals surface area contributed by atoms with E-state index in [-0.39, 0.29) is 35.3 Å². The number of amides is 2. The van der Waals surface area contributed by atoms with Crippen molar-refractivity contribution in [3.63, 3.8) is 0 Å². The summed E-state index contributed by atoms with van der Waals surface area (Å²) in [5, 5.41) is 6.77. The molecule has 2 heterocycles. The number of halogens is 1. The Labute approximate surface area is 180 Å². The van der Waals surface area contributed by atoms with Crippen LogP contribution in [0.15, 0.2) is 0 Å². The second-order valence-corrected chi connectivity index (χ2v) is 10.8. The Morgan fingerprint density at radius 3 is 2.62 bits per heavy atom. The van der Waals surface area contributed by atoms with Crippen LogP contribution in [0.5, 0.6) is 0 Å². The molecule has 4 rings (SSSR count). The average molecular weight is 424 g/mol. The Kier molecular flexibility index (Phi) is 6.75. The number of nitrogens with zero attached hydrogens (tertiary/aromatic N) is 1. The van der Waals surface area contributed by atoms with Crippen LogP contribution in [-0.4, -0.2) is 47.9 Å². The van der Waals surface area contributed by atoms with Gasteiger partial charge in [-0.3, -0.25) is 9.59 Å². The number of piperidine rings is 2. The summed E-state index contributed by atoms with van der Waals surface area (Å²) in [6.45, 7) is 3.20. The fourth-order valence-corrected chi connectivity index (χ4v) is 6.83. The Hall–Kier alpha value is -0.810. The molecular formula is C23H38ClN3O2. The molecule has 7 unspecified atom stereocenters. The molecule has 2 N–H and O–H groups in total. The monoisotopic (exact) mass is 423 g/mol. The predicted octanol–water partition coefficient (Wildman–Crippen LogP) is 3.51. The molecule has 6 heteroatoms. The van der Waals surface area contributed by atoms with Gasteiger partial charge in [0.15, 0.2) is 0 Å². The number of carbonyl (C=O) groups excluding carboxylic acids is 2. The standard InChI is InChI=1S/C23H38ClN3O2/c1-14-8-9-17(26-22(28)15-6-4-3-5-7-15)11-18(14)19-10-16-13-25-21(24)12-20(16)27(2)23(19)29/h14-21,25H,3-13H2,1-2H3,(H,26,28). The highest BCUT2D eigenvalue weighted by Gasteiger charge is 2.47. The maximum atomic E-state index is 13.3. The van der Waals surface area contributed by atoms with E-state index in [1.165, 1.54) is 19.3 Å². The van der Waals surface area contributed by atoms with Crippen molar-refractivity contribution in [3.8, 4) is 0 Å². The highest BCUT2D eigenvalue weighted by atomic mass is 35.5. The third kappa shape index (κ3) is 4.61. The van der Waals surface area contributed by atoms with E-state index in [1.54, 1.807) is 0 Å². The first-order valence-electron chi connectivity index (χ1n) is 11.9. The van der Waals surface area contributed by atoms with Gasteiger partial charge in [-0.15, -0.1) is 11.6 Å². The van der Waals surface area contributed by atoms with E-state index in [0.717, 1.165) is 51.5 Å². The molecule has 2 saturated heterocycles. The molecule has 2 saturated carbocycles. The number of hydrogen-bond donors (Lipinski definition) is 2. The lowest BCUT2D eigenvalue weighted by molar-refractivity contribution is -0.148. The Bertz CT molecular complexity index is 609. The van der Waals surface area contributed by atoms with Crippen LogP contribution in [-0.2, 0) is 9.59 Å². The summed E-state index contributed by atoms with van der Waals surface area (Å²) in [7, 11) is 1.97. The molecule has 0 aromatic heterocycles. The number of fused-ring (bicyclic) bond motifs is 1. The summed E-state index contributed by atoms with van der Waals surface area (Å²) in [6, 6.07) is 0.501. The lowest BCUT2D eigenvalue weighted by Crippen LogP contribution is -2.59. The average Bonchev–Trinajstić information content (AvgIpc) is 2.73. The van der Waals surface area contributed by atoms with Gasteiger partial charge in [-0.1, -0.05) is 26.2 Å². The molecule has 7 atom stereocenters. The minimum atomic E-state index is -0.0314. The van der Waals surface area contributed by atoms with Crippen LogP contribution >= 0.6 is 11.6 Å². The second kappa shape index (κ2) is 9.13. The second-order valence-electron chi connectivity index (χ2n) is 10.2. The summed E-state index contributed by atoms with van der Waals surface area (Å²) in [5.41, 5.74) is -0.0314. The van der Waals surface area contributed by atoms with Gasteiger partial charge >= 0.3 is 0 Å². The minimum absolute atomic E-state index is 0.0314. The number of likely N-dealkylation sites (tertiary alicyclic amines) is 1. The van der Waals surface area contributed by atoms with Crippen molar-refractivity contribution in [1.29, 1.82) is 0 Å². The fourth-order valence-electron chi connectivity index (χ4n) is 6.56. The van der Waals surface area contributed by atoms with E-state index >= 15 is 0 Å². The molecule has 0 spiro atoms. The molecule has 2 aliphatic heterocycles. The van der Waals surface area contributed by atoms with Crippen LogP contribution in [0.4, 0.5) is 0 Å². The lowest BCUT2D eigenvalue weighted by Gasteiger charge is -2.50. The summed E-state index contributed by atoms with van der Waals surface area (Å²) in [6.07, 6.45) is 10.6. The van der Waals surface area contributed by atoms with Gasteiger partial charge in [-0.2, -0.15) is 0 Å². The van der Waals surface area contributed by atoms with Crippen molar-refractivity contribution in [2.24, 2.45) is 29.6 Å². The van der Waals surface area contributed by atoms with Crippen molar-refractivity contribution in [2.45, 2.75) is 88.7 Å². The van der Waals surface area contributed by atoms with Gasteiger partial charge in [0.05, 0.1) is 5.50 Å². The van der Waals surface area contributed by atoms with E-state index in [9.17, 15) is 9.59 Å². The van der Waals surface area contributed by atoms with E-state index in [0.29, 0.717) is 23.7 Å². The number of carbonyl (C=O) groups is 2. The molecule has 0 aromatic carbocycles. The van der Waals surface area contributed by atoms with Crippen LogP contribution in [0.1, 0.15) is 71.1 Å². The summed E-state index contributed by atoms with van der Waals surface area (Å²) < 4.78 is 0. The normalized spacial score (nSPS) is 41.7. The van der Waals surface area contributed by atoms with Crippen LogP contribution in [0, 0.1) is 29.6 Å². The van der Waals surface area contributed by atoms with Crippen LogP contribution in [0.25, 0.3) is 0 Å². The first kappa shape index (κ1) is 21.4. The number of rotatable bonds is 3. The number of nitrogens with one attached hydrogen (secondary N) is 2. The molecule has 5 nitrogen and oxygen atoms in total. The maximum Gasteiger partial charge on any atom is 0.225 e. The SMILES string of the molecule is CC1CCC(NC(=O)C2CCCCC2)CC1C1CC2CNC(Cl)CC2N(C)C1=O. The van der Waals surface area contributed by atoms with Crippen LogP contribution in [0.2, 0.25) is 0 Å². The molecule has 164 valence electrons. The Balaban J connectivity index is 1.40. The van der Waals surface area contributed by atoms with E-state index < -0.39 is 0 Å². The molecule has 0 aromatic rings. The zero-order valence-electron chi connectivity index (χ0n) is 18.0. The van der Waals surface area contributed by atoms with Gasteiger partial charge in [-0.25, -0.2) is 0 Å². The molecule has 2 aliphatic carbocycles. The highest BCUT2D eigenvalue weighted by molar-refractivity contribution is 6.20. The van der Waals surface area contributed by atoms with Crippen molar-refractivity contribution in [3.05, 3.63) is 0 Å². The van der Waals surface area contributed by atoms with Gasteiger partial charge in [0.25, 0.3) is 0 Å². The van der Waals surface area contributed by atoms with Crippen LogP contribution < -0.4 is 10.6 Å². The molecule has 4 aliphatic rings. The quantitative estimate of drug-likeness (QED) is 0.539. The molecule has 0 bridgehead atoms. The molecule has 4 fully saturated rings. The van der Waals surface area contributed by atoms with Gasteiger partial charge in [0, 0.05) is 37.5 Å². The molecule has 29 heavy (non-hydrogen) atoms. The minimum Gasteiger partial charge on any atom is -0.353 e. The van der Waals surface area contributed by atoms with Gasteiger partial charge in [0.1, 0.15) is 0 Å². The smallest absolute Gasteiger partial charge is 0.225 e. The molecule has 2 amide bonds. The van der Waals surface area contributed by atoms with Crippen molar-refractivity contribution < 1.29 is 9.59 Å². The van der Waals surface area contributed by atoms with E-state index in [4.69, 9.17) is 11.6 Å². The van der Waals surface area contributed by atoms with Crippen LogP contribution in [0.3, 0.4) is 0 Å². The summed E-state index contributed by atoms with van der Waals surface area (Å²) >= 11 is 6.30. The van der Waals surface area contributed by atoms with E-state index in [2.05, 4.69) is 17.6 Å². The highest BCUT2D eigenvalue weighted by Crippen LogP contribution is 2.43. The van der Waals surface area contributed by atoms with Gasteiger partial charge < -0.3 is 15.5 Å². The summed E-state index contributed by atoms with van der Waals surface area (Å²) in [5.74, 6) is 2.25. The zero-order valence-corrected chi connectivity index (χ0v) is 18.8. The predicted molar refractivity (Wildman–Crippen MR) is 115 cm³/mol. The molecular weight excluding hydrogens is 386 g/mol. The third-order valence-electron chi connectivity index (χ3n) is 8.41. The number of hydrogen-bond acceptors (Lipinski definition) is 3.